The molecule has 0 spiro atoms. The first-order chi connectivity index (χ1) is 17.9. The number of benzene rings is 1. The van der Waals surface area contributed by atoms with Gasteiger partial charge in [0, 0.05) is 35.6 Å². The SMILES string of the molecule is [2H]C(Cc1ccccc1)(NC(=O)C1([2H])C([2H])([2H])C([2H])([2H])C([2H])(C([2H])(C([2H])([2H])[2H])C([2H])([2H])[2H])C([2H])([2H])C1([2H])[2H])C(=O)O. The number of aliphatic carboxylic acids is 1. The summed E-state index contributed by atoms with van der Waals surface area (Å²) in [5.41, 5.74) is 0.115. The molecule has 0 aliphatic heterocycles. The molecular formula is C19H27NO3. The fourth-order valence-electron chi connectivity index (χ4n) is 1.72. The van der Waals surface area contributed by atoms with Crippen molar-refractivity contribution in [2.45, 2.75) is 51.6 Å². The van der Waals surface area contributed by atoms with Gasteiger partial charge in [0.05, 0.1) is 1.37 Å². The summed E-state index contributed by atoms with van der Waals surface area (Å²) < 4.78 is 147. The van der Waals surface area contributed by atoms with Gasteiger partial charge in [-0.3, -0.25) is 4.79 Å². The van der Waals surface area contributed by atoms with Crippen molar-refractivity contribution in [1.82, 2.24) is 5.32 Å². The summed E-state index contributed by atoms with van der Waals surface area (Å²) in [7, 11) is 0. The molecule has 1 aliphatic carbocycles. The molecule has 1 aliphatic rings. The Kier molecular flexibility index (Phi) is 1.89. The molecule has 0 heterocycles. The molecule has 1 atom stereocenters. The Morgan fingerprint density at radius 1 is 1.35 bits per heavy atom. The van der Waals surface area contributed by atoms with Crippen molar-refractivity contribution in [2.75, 3.05) is 0 Å². The van der Waals surface area contributed by atoms with Gasteiger partial charge < -0.3 is 10.4 Å². The van der Waals surface area contributed by atoms with Crippen LogP contribution in [0.1, 0.15) is 69.4 Å². The Balaban J connectivity index is 2.91. The molecule has 1 aromatic carbocycles. The topological polar surface area (TPSA) is 66.4 Å². The van der Waals surface area contributed by atoms with Crippen LogP contribution in [0.2, 0.25) is 0 Å². The molecule has 23 heavy (non-hydrogen) atoms. The van der Waals surface area contributed by atoms with E-state index >= 15 is 0 Å². The van der Waals surface area contributed by atoms with E-state index in [4.69, 9.17) is 24.7 Å². The minimum absolute atomic E-state index is 0.115. The summed E-state index contributed by atoms with van der Waals surface area (Å²) in [6.07, 6.45) is -19.2. The van der Waals surface area contributed by atoms with Crippen molar-refractivity contribution in [3.63, 3.8) is 0 Å². The number of carboxylic acid groups (broad SMARTS) is 1. The molecule has 2 rings (SSSR count). The van der Waals surface area contributed by atoms with Gasteiger partial charge in [-0.05, 0) is 42.8 Å². The van der Waals surface area contributed by atoms with Crippen molar-refractivity contribution < 1.29 is 39.4 Å². The molecular weight excluding hydrogens is 290 g/mol. The smallest absolute Gasteiger partial charge is 0.326 e. The number of carbonyl (C=O) groups excluding carboxylic acids is 1. The van der Waals surface area contributed by atoms with E-state index in [1.807, 2.05) is 0 Å². The lowest BCUT2D eigenvalue weighted by Crippen LogP contribution is -2.45. The normalized spacial score (nSPS) is 52.2. The van der Waals surface area contributed by atoms with E-state index in [0.717, 1.165) is 0 Å². The largest absolute Gasteiger partial charge is 0.480 e. The summed E-state index contributed by atoms with van der Waals surface area (Å²) in [5.74, 6) is -18.2. The second kappa shape index (κ2) is 8.14. The van der Waals surface area contributed by atoms with Crippen molar-refractivity contribution in [2.24, 2.45) is 17.7 Å². The molecule has 1 amide bonds. The average Bonchev–Trinajstić information content (AvgIpc) is 2.79. The minimum Gasteiger partial charge on any atom is -0.480 e. The second-order valence-corrected chi connectivity index (χ2v) is 4.53. The van der Waals surface area contributed by atoms with Crippen molar-refractivity contribution in [3.05, 3.63) is 35.9 Å². The lowest BCUT2D eigenvalue weighted by Gasteiger charge is -2.30. The highest BCUT2D eigenvalue weighted by Gasteiger charge is 2.30. The van der Waals surface area contributed by atoms with Crippen LogP contribution in [0.25, 0.3) is 0 Å². The standard InChI is InChI=1S/C19H27NO3/c1-13(2)15-8-10-16(11-9-15)18(21)20-17(19(22)23)12-14-6-4-3-5-7-14/h3-7,13,15-17H,8-12H2,1-2H3,(H,20,21)(H,22,23)/i1D3,2D3,8D2,9D2,10D2,11D2,13D,15D,16D,17D. The van der Waals surface area contributed by atoms with Gasteiger partial charge >= 0.3 is 5.97 Å². The zero-order chi connectivity index (χ0) is 32.7. The number of hydrogen-bond donors (Lipinski definition) is 2. The van der Waals surface area contributed by atoms with Crippen LogP contribution in [0, 0.1) is 17.7 Å². The first-order valence-corrected chi connectivity index (χ1v) is 6.50. The summed E-state index contributed by atoms with van der Waals surface area (Å²) in [5, 5.41) is 11.1. The molecule has 0 bridgehead atoms. The molecule has 4 nitrogen and oxygen atoms in total. The van der Waals surface area contributed by atoms with Crippen LogP contribution in [-0.4, -0.2) is 23.0 Å². The van der Waals surface area contributed by atoms with Crippen LogP contribution in [0.3, 0.4) is 0 Å². The van der Waals surface area contributed by atoms with E-state index in [0.29, 0.717) is 0 Å². The van der Waals surface area contributed by atoms with E-state index in [1.165, 1.54) is 35.6 Å². The van der Waals surface area contributed by atoms with Crippen LogP contribution in [0.5, 0.6) is 0 Å². The first kappa shape index (κ1) is 5.33. The van der Waals surface area contributed by atoms with Gasteiger partial charge in [0.25, 0.3) is 0 Å². The highest BCUT2D eigenvalue weighted by Crippen LogP contribution is 2.33. The predicted octanol–water partition coefficient (Wildman–Crippen LogP) is 3.26. The number of amides is 1. The molecule has 4 heteroatoms. The maximum Gasteiger partial charge on any atom is 0.326 e. The van der Waals surface area contributed by atoms with Crippen LogP contribution in [-0.2, 0) is 16.0 Å². The van der Waals surface area contributed by atoms with E-state index in [2.05, 4.69) is 0 Å². The zero-order valence-electron chi connectivity index (χ0n) is 29.9. The van der Waals surface area contributed by atoms with Gasteiger partial charge in [-0.25, -0.2) is 4.79 Å². The minimum atomic E-state index is -4.71. The fourth-order valence-corrected chi connectivity index (χ4v) is 1.72. The monoisotopic (exact) mass is 335 g/mol. The molecule has 0 aromatic heterocycles. The Hall–Kier alpha value is -1.84. The van der Waals surface area contributed by atoms with Crippen molar-refractivity contribution >= 4 is 11.9 Å². The second-order valence-electron chi connectivity index (χ2n) is 4.53. The predicted molar refractivity (Wildman–Crippen MR) is 90.0 cm³/mol. The third-order valence-electron chi connectivity index (χ3n) is 2.85. The average molecular weight is 336 g/mol. The molecule has 1 aromatic rings. The van der Waals surface area contributed by atoms with Crippen LogP contribution < -0.4 is 5.32 Å². The third-order valence-corrected chi connectivity index (χ3v) is 2.85. The van der Waals surface area contributed by atoms with Crippen molar-refractivity contribution in [3.8, 4) is 0 Å². The van der Waals surface area contributed by atoms with Gasteiger partial charge in [-0.1, -0.05) is 44.0 Å². The molecule has 2 N–H and O–H groups in total. The number of carboxylic acids is 1. The van der Waals surface area contributed by atoms with Gasteiger partial charge in [-0.15, -0.1) is 0 Å². The van der Waals surface area contributed by atoms with E-state index in [-0.39, 0.29) is 5.56 Å². The van der Waals surface area contributed by atoms with E-state index in [9.17, 15) is 14.7 Å². The number of nitrogens with one attached hydrogen (secondary N) is 1. The van der Waals surface area contributed by atoms with Crippen LogP contribution >= 0.6 is 0 Å². The number of carbonyl (C=O) groups is 2. The summed E-state index contributed by atoms with van der Waals surface area (Å²) in [6.45, 7) is -8.57. The third kappa shape index (κ3) is 5.08. The summed E-state index contributed by atoms with van der Waals surface area (Å²) in [4.78, 5) is 25.5. The van der Waals surface area contributed by atoms with E-state index < -0.39 is 81.2 Å². The fraction of sp³-hybridized carbons (Fsp3) is 0.579. The van der Waals surface area contributed by atoms with Gasteiger partial charge in [0.15, 0.2) is 0 Å². The maximum absolute atomic E-state index is 13.5. The quantitative estimate of drug-likeness (QED) is 0.838. The Morgan fingerprint density at radius 2 is 2.00 bits per heavy atom. The Bertz CT molecular complexity index is 1150. The van der Waals surface area contributed by atoms with E-state index in [1.54, 1.807) is 0 Å². The summed E-state index contributed by atoms with van der Waals surface area (Å²) in [6, 6.07) is 3.90. The lowest BCUT2D eigenvalue weighted by molar-refractivity contribution is -0.142. The molecule has 1 unspecified atom stereocenters. The van der Waals surface area contributed by atoms with Crippen molar-refractivity contribution in [1.29, 1.82) is 0 Å². The Labute approximate surface area is 163 Å². The summed E-state index contributed by atoms with van der Waals surface area (Å²) >= 11 is 0. The zero-order valence-corrected chi connectivity index (χ0v) is 11.9. The van der Waals surface area contributed by atoms with Gasteiger partial charge in [-0.2, -0.15) is 0 Å². The molecule has 0 saturated heterocycles. The van der Waals surface area contributed by atoms with Gasteiger partial charge in [0.1, 0.15) is 6.02 Å². The first-order valence-electron chi connectivity index (χ1n) is 15.5. The van der Waals surface area contributed by atoms with Gasteiger partial charge in [0.2, 0.25) is 5.91 Å². The molecule has 126 valence electrons. The highest BCUT2D eigenvalue weighted by molar-refractivity contribution is 5.85. The maximum atomic E-state index is 13.5. The number of hydrogen-bond acceptors (Lipinski definition) is 2. The Morgan fingerprint density at radius 3 is 2.57 bits per heavy atom. The lowest BCUT2D eigenvalue weighted by atomic mass is 9.76. The van der Waals surface area contributed by atoms with Crippen LogP contribution in [0.4, 0.5) is 0 Å². The highest BCUT2D eigenvalue weighted by atomic mass is 16.4. The molecule has 1 fully saturated rings. The van der Waals surface area contributed by atoms with Crippen LogP contribution in [0.15, 0.2) is 30.3 Å². The number of rotatable bonds is 6. The molecule has 0 radical (unpaired) electrons. The molecule has 1 saturated carbocycles.